The highest BCUT2D eigenvalue weighted by molar-refractivity contribution is 7.80. The molecule has 22 heavy (non-hydrogen) atoms. The molecule has 2 N–H and O–H groups in total. The van der Waals surface area contributed by atoms with Gasteiger partial charge in [0.25, 0.3) is 0 Å². The second-order valence-electron chi connectivity index (χ2n) is 5.13. The summed E-state index contributed by atoms with van der Waals surface area (Å²) < 4.78 is 5.61. The van der Waals surface area contributed by atoms with Crippen LogP contribution in [0.1, 0.15) is 19.4 Å². The van der Waals surface area contributed by atoms with Gasteiger partial charge in [-0.3, -0.25) is 0 Å². The average molecular weight is 335 g/mol. The van der Waals surface area contributed by atoms with Gasteiger partial charge < -0.3 is 15.4 Å². The van der Waals surface area contributed by atoms with Crippen LogP contribution < -0.4 is 15.4 Å². The summed E-state index contributed by atoms with van der Waals surface area (Å²) in [4.78, 5) is 0. The highest BCUT2D eigenvalue weighted by Crippen LogP contribution is 2.15. The molecular weight excluding hydrogens is 316 g/mol. The van der Waals surface area contributed by atoms with Crippen molar-refractivity contribution in [2.24, 2.45) is 0 Å². The molecule has 0 aliphatic carbocycles. The van der Waals surface area contributed by atoms with Gasteiger partial charge in [0, 0.05) is 17.3 Å². The topological polar surface area (TPSA) is 33.3 Å². The molecule has 0 heterocycles. The Labute approximate surface area is 141 Å². The Morgan fingerprint density at radius 1 is 1.09 bits per heavy atom. The van der Waals surface area contributed by atoms with E-state index in [-0.39, 0.29) is 6.10 Å². The summed E-state index contributed by atoms with van der Waals surface area (Å²) in [5, 5.41) is 7.56. The van der Waals surface area contributed by atoms with Crippen molar-refractivity contribution in [2.45, 2.75) is 26.5 Å². The molecule has 0 unspecified atom stereocenters. The summed E-state index contributed by atoms with van der Waals surface area (Å²) in [6.07, 6.45) is 0.181. The second-order valence-corrected chi connectivity index (χ2v) is 5.97. The lowest BCUT2D eigenvalue weighted by molar-refractivity contribution is 0.242. The molecule has 5 heteroatoms. The summed E-state index contributed by atoms with van der Waals surface area (Å²) >= 11 is 11.1. The van der Waals surface area contributed by atoms with Crippen LogP contribution in [0, 0.1) is 0 Å². The Bertz CT molecular complexity index is 612. The molecule has 0 fully saturated rings. The largest absolute Gasteiger partial charge is 0.491 e. The normalized spacial score (nSPS) is 10.4. The average Bonchev–Trinajstić information content (AvgIpc) is 2.48. The van der Waals surface area contributed by atoms with E-state index in [1.54, 1.807) is 0 Å². The van der Waals surface area contributed by atoms with Gasteiger partial charge in [0.2, 0.25) is 0 Å². The van der Waals surface area contributed by atoms with Gasteiger partial charge in [0.15, 0.2) is 5.11 Å². The molecule has 0 bridgehead atoms. The standard InChI is InChI=1S/C17H19ClN2OS/c1-12(2)21-16-9-3-13(4-10-16)11-19-17(22)20-15-7-5-14(18)6-8-15/h3-10,12H,11H2,1-2H3,(H2,19,20,22). The van der Waals surface area contributed by atoms with Crippen LogP contribution >= 0.6 is 23.8 Å². The van der Waals surface area contributed by atoms with E-state index in [9.17, 15) is 0 Å². The van der Waals surface area contributed by atoms with E-state index in [1.165, 1.54) is 0 Å². The minimum atomic E-state index is 0.181. The quantitative estimate of drug-likeness (QED) is 0.782. The summed E-state index contributed by atoms with van der Waals surface area (Å²) in [6, 6.07) is 15.4. The molecule has 2 aromatic carbocycles. The molecule has 3 nitrogen and oxygen atoms in total. The Morgan fingerprint density at radius 2 is 1.73 bits per heavy atom. The molecule has 2 rings (SSSR count). The van der Waals surface area contributed by atoms with Crippen molar-refractivity contribution < 1.29 is 4.74 Å². The van der Waals surface area contributed by atoms with Gasteiger partial charge >= 0.3 is 0 Å². The number of hydrogen-bond acceptors (Lipinski definition) is 2. The third-order valence-electron chi connectivity index (χ3n) is 2.85. The van der Waals surface area contributed by atoms with Crippen LogP contribution in [0.4, 0.5) is 5.69 Å². The fraction of sp³-hybridized carbons (Fsp3) is 0.235. The van der Waals surface area contributed by atoms with Crippen LogP contribution in [0.3, 0.4) is 0 Å². The first kappa shape index (κ1) is 16.6. The molecule has 2 aromatic rings. The highest BCUT2D eigenvalue weighted by Gasteiger charge is 2.00. The van der Waals surface area contributed by atoms with E-state index in [2.05, 4.69) is 10.6 Å². The predicted molar refractivity (Wildman–Crippen MR) is 96.7 cm³/mol. The van der Waals surface area contributed by atoms with Gasteiger partial charge in [0.1, 0.15) is 5.75 Å². The maximum atomic E-state index is 5.85. The molecule has 0 aromatic heterocycles. The fourth-order valence-electron chi connectivity index (χ4n) is 1.85. The maximum Gasteiger partial charge on any atom is 0.171 e. The Morgan fingerprint density at radius 3 is 2.32 bits per heavy atom. The van der Waals surface area contributed by atoms with Crippen LogP contribution in [-0.4, -0.2) is 11.2 Å². The van der Waals surface area contributed by atoms with E-state index in [0.717, 1.165) is 17.0 Å². The SMILES string of the molecule is CC(C)Oc1ccc(CNC(=S)Nc2ccc(Cl)cc2)cc1. The lowest BCUT2D eigenvalue weighted by Crippen LogP contribution is -2.27. The first-order valence-electron chi connectivity index (χ1n) is 7.09. The molecule has 0 aliphatic heterocycles. The van der Waals surface area contributed by atoms with Crippen LogP contribution in [0.5, 0.6) is 5.75 Å². The number of anilines is 1. The van der Waals surface area contributed by atoms with Crippen molar-refractivity contribution in [3.8, 4) is 5.75 Å². The van der Waals surface area contributed by atoms with Crippen molar-refractivity contribution in [3.05, 3.63) is 59.1 Å². The van der Waals surface area contributed by atoms with E-state index in [1.807, 2.05) is 62.4 Å². The number of nitrogens with one attached hydrogen (secondary N) is 2. The fourth-order valence-corrected chi connectivity index (χ4v) is 2.16. The zero-order valence-corrected chi connectivity index (χ0v) is 14.2. The summed E-state index contributed by atoms with van der Waals surface area (Å²) in [7, 11) is 0. The molecule has 0 amide bonds. The van der Waals surface area contributed by atoms with Gasteiger partial charge in [0.05, 0.1) is 6.10 Å². The first-order valence-corrected chi connectivity index (χ1v) is 7.87. The van der Waals surface area contributed by atoms with Crippen LogP contribution in [0.25, 0.3) is 0 Å². The highest BCUT2D eigenvalue weighted by atomic mass is 35.5. The van der Waals surface area contributed by atoms with E-state index >= 15 is 0 Å². The van der Waals surface area contributed by atoms with Gasteiger partial charge in [-0.05, 0) is 68.0 Å². The summed E-state index contributed by atoms with van der Waals surface area (Å²) in [5.74, 6) is 0.876. The number of benzene rings is 2. The van der Waals surface area contributed by atoms with Crippen LogP contribution in [0.2, 0.25) is 5.02 Å². The minimum absolute atomic E-state index is 0.181. The second kappa shape index (κ2) is 8.01. The molecule has 0 radical (unpaired) electrons. The predicted octanol–water partition coefficient (Wildman–Crippen LogP) is 4.61. The van der Waals surface area contributed by atoms with Gasteiger partial charge in [-0.25, -0.2) is 0 Å². The van der Waals surface area contributed by atoms with Gasteiger partial charge in [-0.1, -0.05) is 23.7 Å². The third kappa shape index (κ3) is 5.54. The van der Waals surface area contributed by atoms with Gasteiger partial charge in [-0.15, -0.1) is 0 Å². The molecule has 0 aliphatic rings. The van der Waals surface area contributed by atoms with Crippen LogP contribution in [-0.2, 0) is 6.54 Å². The number of thiocarbonyl (C=S) groups is 1. The van der Waals surface area contributed by atoms with Crippen molar-refractivity contribution in [1.82, 2.24) is 5.32 Å². The molecule has 116 valence electrons. The number of hydrogen-bond donors (Lipinski definition) is 2. The first-order chi connectivity index (χ1) is 10.5. The van der Waals surface area contributed by atoms with Crippen molar-refractivity contribution in [2.75, 3.05) is 5.32 Å². The Hall–Kier alpha value is -1.78. The third-order valence-corrected chi connectivity index (χ3v) is 3.35. The summed E-state index contributed by atoms with van der Waals surface area (Å²) in [5.41, 5.74) is 2.04. The molecule has 0 atom stereocenters. The van der Waals surface area contributed by atoms with E-state index < -0.39 is 0 Å². The Balaban J connectivity index is 1.81. The maximum absolute atomic E-state index is 5.85. The van der Waals surface area contributed by atoms with Crippen molar-refractivity contribution >= 4 is 34.6 Å². The van der Waals surface area contributed by atoms with Crippen molar-refractivity contribution in [3.63, 3.8) is 0 Å². The van der Waals surface area contributed by atoms with Gasteiger partial charge in [-0.2, -0.15) is 0 Å². The lowest BCUT2D eigenvalue weighted by Gasteiger charge is -2.12. The Kier molecular flexibility index (Phi) is 6.04. The molecular formula is C17H19ClN2OS. The number of ether oxygens (including phenoxy) is 1. The number of halogens is 1. The van der Waals surface area contributed by atoms with E-state index in [0.29, 0.717) is 16.7 Å². The molecule has 0 saturated carbocycles. The molecule has 0 spiro atoms. The van der Waals surface area contributed by atoms with Crippen molar-refractivity contribution in [1.29, 1.82) is 0 Å². The lowest BCUT2D eigenvalue weighted by atomic mass is 10.2. The smallest absolute Gasteiger partial charge is 0.171 e. The molecule has 0 saturated heterocycles. The monoisotopic (exact) mass is 334 g/mol. The minimum Gasteiger partial charge on any atom is -0.491 e. The van der Waals surface area contributed by atoms with E-state index in [4.69, 9.17) is 28.6 Å². The van der Waals surface area contributed by atoms with Crippen LogP contribution in [0.15, 0.2) is 48.5 Å². The zero-order valence-electron chi connectivity index (χ0n) is 12.6. The summed E-state index contributed by atoms with van der Waals surface area (Å²) in [6.45, 7) is 4.67. The zero-order chi connectivity index (χ0) is 15.9. The number of rotatable bonds is 5.